The van der Waals surface area contributed by atoms with Gasteiger partial charge in [-0.2, -0.15) is 13.2 Å². The number of nitrogens with zero attached hydrogens (tertiary/aromatic N) is 1. The number of carbonyl (C=O) groups is 1. The molecule has 1 atom stereocenters. The molecular weight excluding hydrogens is 501 g/mol. The van der Waals surface area contributed by atoms with Crippen LogP contribution in [0.25, 0.3) is 0 Å². The molecule has 3 aromatic carbocycles. The van der Waals surface area contributed by atoms with Crippen LogP contribution in [-0.4, -0.2) is 20.9 Å². The Kier molecular flexibility index (Phi) is 8.12. The summed E-state index contributed by atoms with van der Waals surface area (Å²) in [6, 6.07) is 17.0. The maximum absolute atomic E-state index is 13.5. The van der Waals surface area contributed by atoms with Crippen molar-refractivity contribution in [2.75, 3.05) is 10.8 Å². The number of alkyl halides is 3. The summed E-state index contributed by atoms with van der Waals surface area (Å²) in [5.41, 5.74) is 0.393. The first-order valence-corrected chi connectivity index (χ1v) is 12.6. The highest BCUT2D eigenvalue weighted by Gasteiger charge is 2.35. The number of halogens is 4. The highest BCUT2D eigenvalue weighted by Crippen LogP contribution is 2.38. The van der Waals surface area contributed by atoms with Crippen LogP contribution in [-0.2, 0) is 27.4 Å². The lowest BCUT2D eigenvalue weighted by atomic mass is 10.1. The van der Waals surface area contributed by atoms with E-state index in [-0.39, 0.29) is 10.6 Å². The molecule has 0 spiro atoms. The Bertz CT molecular complexity index is 1280. The molecule has 0 aliphatic carbocycles. The minimum atomic E-state index is -4.81. The summed E-state index contributed by atoms with van der Waals surface area (Å²) >= 11 is 5.71. The number of sulfonamides is 1. The molecule has 0 aliphatic rings. The van der Waals surface area contributed by atoms with E-state index in [1.165, 1.54) is 24.3 Å². The molecule has 1 N–H and O–H groups in total. The molecular formula is C25H24ClF3N2O3S. The second kappa shape index (κ2) is 10.7. The van der Waals surface area contributed by atoms with E-state index in [0.717, 1.165) is 29.7 Å². The van der Waals surface area contributed by atoms with Crippen molar-refractivity contribution in [3.8, 4) is 0 Å². The van der Waals surface area contributed by atoms with E-state index in [0.29, 0.717) is 10.4 Å². The number of hydrogen-bond donors (Lipinski definition) is 1. The Hall–Kier alpha value is -3.04. The lowest BCUT2D eigenvalue weighted by Gasteiger charge is -2.26. The maximum atomic E-state index is 13.5. The Morgan fingerprint density at radius 3 is 2.23 bits per heavy atom. The van der Waals surface area contributed by atoms with Crippen LogP contribution in [0.15, 0.2) is 77.7 Å². The predicted octanol–water partition coefficient (Wildman–Crippen LogP) is 5.99. The number of anilines is 1. The zero-order valence-corrected chi connectivity index (χ0v) is 20.6. The molecule has 10 heteroatoms. The molecule has 186 valence electrons. The van der Waals surface area contributed by atoms with Crippen molar-refractivity contribution in [1.82, 2.24) is 5.32 Å². The third-order valence-corrected chi connectivity index (χ3v) is 7.54. The van der Waals surface area contributed by atoms with Gasteiger partial charge >= 0.3 is 6.18 Å². The zero-order chi connectivity index (χ0) is 25.8. The van der Waals surface area contributed by atoms with Crippen LogP contribution in [0.3, 0.4) is 0 Å². The summed E-state index contributed by atoms with van der Waals surface area (Å²) in [5, 5.41) is 2.14. The minimum Gasteiger partial charge on any atom is -0.348 e. The summed E-state index contributed by atoms with van der Waals surface area (Å²) in [7, 11) is -4.37. The standard InChI is InChI=1S/C25H24ClF3N2O3S/c1-3-18-9-11-19(12-10-18)17(2)30-24(32)16-31(35(33,34)21-7-5-4-6-8-21)20-13-14-23(26)22(15-20)25(27,28)29/h4-15,17H,3,16H2,1-2H3,(H,30,32)/t17-/m1/s1. The lowest BCUT2D eigenvalue weighted by molar-refractivity contribution is -0.137. The third kappa shape index (κ3) is 6.35. The number of nitrogens with one attached hydrogen (secondary N) is 1. The van der Waals surface area contributed by atoms with Gasteiger partial charge in [-0.1, -0.05) is 61.0 Å². The van der Waals surface area contributed by atoms with Gasteiger partial charge < -0.3 is 5.32 Å². The molecule has 0 unspecified atom stereocenters. The highest BCUT2D eigenvalue weighted by molar-refractivity contribution is 7.92. The molecule has 0 saturated carbocycles. The molecule has 3 rings (SSSR count). The number of hydrogen-bond acceptors (Lipinski definition) is 3. The predicted molar refractivity (Wildman–Crippen MR) is 130 cm³/mol. The molecule has 0 heterocycles. The van der Waals surface area contributed by atoms with E-state index >= 15 is 0 Å². The third-order valence-electron chi connectivity index (χ3n) is 5.43. The van der Waals surface area contributed by atoms with Gasteiger partial charge in [0.05, 0.1) is 27.2 Å². The zero-order valence-electron chi connectivity index (χ0n) is 19.0. The summed E-state index contributed by atoms with van der Waals surface area (Å²) in [6.45, 7) is 3.02. The van der Waals surface area contributed by atoms with Crippen LogP contribution in [0.1, 0.15) is 36.6 Å². The normalized spacial score (nSPS) is 12.7. The Morgan fingerprint density at radius 1 is 1.03 bits per heavy atom. The number of aryl methyl sites for hydroxylation is 1. The molecule has 0 radical (unpaired) electrons. The molecule has 5 nitrogen and oxygen atoms in total. The van der Waals surface area contributed by atoms with E-state index in [1.54, 1.807) is 13.0 Å². The summed E-state index contributed by atoms with van der Waals surface area (Å²) < 4.78 is 67.8. The van der Waals surface area contributed by atoms with Gasteiger partial charge in [0.1, 0.15) is 6.54 Å². The molecule has 1 amide bonds. The van der Waals surface area contributed by atoms with Crippen LogP contribution in [0.4, 0.5) is 18.9 Å². The Morgan fingerprint density at radius 2 is 1.66 bits per heavy atom. The van der Waals surface area contributed by atoms with Gasteiger partial charge in [0, 0.05) is 0 Å². The SMILES string of the molecule is CCc1ccc([C@@H](C)NC(=O)CN(c2ccc(Cl)c(C(F)(F)F)c2)S(=O)(=O)c2ccccc2)cc1. The second-order valence-electron chi connectivity index (χ2n) is 7.87. The van der Waals surface area contributed by atoms with Crippen LogP contribution < -0.4 is 9.62 Å². The van der Waals surface area contributed by atoms with Crippen LogP contribution in [0, 0.1) is 0 Å². The van der Waals surface area contributed by atoms with E-state index in [4.69, 9.17) is 11.6 Å². The largest absolute Gasteiger partial charge is 0.417 e. The van der Waals surface area contributed by atoms with Crippen molar-refractivity contribution in [2.45, 2.75) is 37.4 Å². The maximum Gasteiger partial charge on any atom is 0.417 e. The highest BCUT2D eigenvalue weighted by atomic mass is 35.5. The van der Waals surface area contributed by atoms with E-state index in [1.807, 2.05) is 31.2 Å². The number of amides is 1. The van der Waals surface area contributed by atoms with Crippen LogP contribution in [0.5, 0.6) is 0 Å². The first-order chi connectivity index (χ1) is 16.4. The van der Waals surface area contributed by atoms with Crippen molar-refractivity contribution in [3.63, 3.8) is 0 Å². The van der Waals surface area contributed by atoms with Gasteiger partial charge in [0.15, 0.2) is 0 Å². The van der Waals surface area contributed by atoms with E-state index < -0.39 is 45.3 Å². The fraction of sp³-hybridized carbons (Fsp3) is 0.240. The van der Waals surface area contributed by atoms with Crippen molar-refractivity contribution >= 4 is 33.2 Å². The molecule has 0 aromatic heterocycles. The molecule has 0 fully saturated rings. The molecule has 0 aliphatic heterocycles. The first kappa shape index (κ1) is 26.6. The molecule has 35 heavy (non-hydrogen) atoms. The van der Waals surface area contributed by atoms with Crippen molar-refractivity contribution in [2.24, 2.45) is 0 Å². The summed E-state index contributed by atoms with van der Waals surface area (Å²) in [5.74, 6) is -0.680. The number of rotatable bonds is 8. The summed E-state index contributed by atoms with van der Waals surface area (Å²) in [6.07, 6.45) is -3.95. The van der Waals surface area contributed by atoms with E-state index in [9.17, 15) is 26.4 Å². The minimum absolute atomic E-state index is 0.167. The molecule has 3 aromatic rings. The fourth-order valence-electron chi connectivity index (χ4n) is 3.46. The van der Waals surface area contributed by atoms with Crippen LogP contribution in [0.2, 0.25) is 5.02 Å². The fourth-order valence-corrected chi connectivity index (χ4v) is 5.12. The van der Waals surface area contributed by atoms with Crippen LogP contribution >= 0.6 is 11.6 Å². The number of benzene rings is 3. The van der Waals surface area contributed by atoms with Crippen molar-refractivity contribution in [1.29, 1.82) is 0 Å². The molecule has 0 saturated heterocycles. The van der Waals surface area contributed by atoms with E-state index in [2.05, 4.69) is 5.32 Å². The van der Waals surface area contributed by atoms with Gasteiger partial charge in [-0.3, -0.25) is 9.10 Å². The van der Waals surface area contributed by atoms with Gasteiger partial charge in [0.2, 0.25) is 5.91 Å². The van der Waals surface area contributed by atoms with Gasteiger partial charge in [-0.15, -0.1) is 0 Å². The average Bonchev–Trinajstić information content (AvgIpc) is 2.82. The Labute approximate surface area is 207 Å². The van der Waals surface area contributed by atoms with Gasteiger partial charge in [-0.25, -0.2) is 8.42 Å². The lowest BCUT2D eigenvalue weighted by Crippen LogP contribution is -2.41. The quantitative estimate of drug-likeness (QED) is 0.393. The van der Waals surface area contributed by atoms with Crippen molar-refractivity contribution < 1.29 is 26.4 Å². The second-order valence-corrected chi connectivity index (χ2v) is 10.1. The van der Waals surface area contributed by atoms with Gasteiger partial charge in [0.25, 0.3) is 10.0 Å². The summed E-state index contributed by atoms with van der Waals surface area (Å²) in [4.78, 5) is 12.7. The first-order valence-electron chi connectivity index (χ1n) is 10.8. The van der Waals surface area contributed by atoms with Gasteiger partial charge in [-0.05, 0) is 54.8 Å². The molecule has 0 bridgehead atoms. The average molecular weight is 525 g/mol. The topological polar surface area (TPSA) is 66.5 Å². The van der Waals surface area contributed by atoms with Crippen molar-refractivity contribution in [3.05, 3.63) is 94.5 Å². The number of carbonyl (C=O) groups excluding carboxylic acids is 1. The Balaban J connectivity index is 1.95. The smallest absolute Gasteiger partial charge is 0.348 e. The monoisotopic (exact) mass is 524 g/mol.